The van der Waals surface area contributed by atoms with Crippen LogP contribution in [0.3, 0.4) is 0 Å². The summed E-state index contributed by atoms with van der Waals surface area (Å²) in [6.45, 7) is 7.17. The quantitative estimate of drug-likeness (QED) is 0.790. The highest BCUT2D eigenvalue weighted by molar-refractivity contribution is 5.74. The number of para-hydroxylation sites is 2. The Morgan fingerprint density at radius 2 is 2.22 bits per heavy atom. The first-order valence-corrected chi connectivity index (χ1v) is 6.48. The van der Waals surface area contributed by atoms with Crippen LogP contribution in [0.5, 0.6) is 0 Å². The molecule has 0 radical (unpaired) electrons. The smallest absolute Gasteiger partial charge is 0.0958 e. The van der Waals surface area contributed by atoms with Crippen molar-refractivity contribution in [2.45, 2.75) is 32.4 Å². The fraction of sp³-hybridized carbons (Fsp3) is 0.400. The Labute approximate surface area is 109 Å². The van der Waals surface area contributed by atoms with Gasteiger partial charge in [-0.15, -0.1) is 0 Å². The molecule has 0 aliphatic carbocycles. The average molecular weight is 243 g/mol. The predicted molar refractivity (Wildman–Crippen MR) is 76.6 cm³/mol. The largest absolute Gasteiger partial charge is 0.329 e. The molecule has 0 fully saturated rings. The average Bonchev–Trinajstić information content (AvgIpc) is 2.81. The maximum Gasteiger partial charge on any atom is 0.0958 e. The van der Waals surface area contributed by atoms with E-state index in [1.54, 1.807) is 0 Å². The maximum absolute atomic E-state index is 4.42. The standard InChI is InChI=1S/C15H21N3/c1-4-12(2)9-13(16-3)10-18-11-17-14-7-5-6-8-15(14)18/h5-8,11,13,16H,2,4,9-10H2,1,3H3. The van der Waals surface area contributed by atoms with E-state index in [0.29, 0.717) is 6.04 Å². The van der Waals surface area contributed by atoms with E-state index in [2.05, 4.69) is 40.5 Å². The van der Waals surface area contributed by atoms with Crippen LogP contribution in [0.1, 0.15) is 19.8 Å². The molecule has 0 saturated heterocycles. The lowest BCUT2D eigenvalue weighted by molar-refractivity contribution is 0.480. The van der Waals surface area contributed by atoms with Gasteiger partial charge in [0.1, 0.15) is 0 Å². The van der Waals surface area contributed by atoms with Crippen LogP contribution >= 0.6 is 0 Å². The van der Waals surface area contributed by atoms with Crippen molar-refractivity contribution in [1.29, 1.82) is 0 Å². The molecule has 2 aromatic rings. The molecule has 0 spiro atoms. The number of hydrogen-bond donors (Lipinski definition) is 1. The molecule has 1 heterocycles. The monoisotopic (exact) mass is 243 g/mol. The van der Waals surface area contributed by atoms with Crippen molar-refractivity contribution < 1.29 is 0 Å². The van der Waals surface area contributed by atoms with Crippen molar-refractivity contribution >= 4 is 11.0 Å². The summed E-state index contributed by atoms with van der Waals surface area (Å²) in [7, 11) is 2.01. The van der Waals surface area contributed by atoms with E-state index in [4.69, 9.17) is 0 Å². The van der Waals surface area contributed by atoms with Gasteiger partial charge in [-0.25, -0.2) is 4.98 Å². The summed E-state index contributed by atoms with van der Waals surface area (Å²) in [5, 5.41) is 3.36. The Bertz CT molecular complexity index is 527. The Hall–Kier alpha value is -1.61. The Balaban J connectivity index is 2.14. The van der Waals surface area contributed by atoms with E-state index >= 15 is 0 Å². The van der Waals surface area contributed by atoms with Crippen LogP contribution in [0.4, 0.5) is 0 Å². The molecule has 1 N–H and O–H groups in total. The highest BCUT2D eigenvalue weighted by Gasteiger charge is 2.10. The number of hydrogen-bond acceptors (Lipinski definition) is 2. The van der Waals surface area contributed by atoms with Gasteiger partial charge in [0, 0.05) is 12.6 Å². The molecule has 3 nitrogen and oxygen atoms in total. The fourth-order valence-electron chi connectivity index (χ4n) is 2.14. The topological polar surface area (TPSA) is 29.9 Å². The van der Waals surface area contributed by atoms with Crippen molar-refractivity contribution in [1.82, 2.24) is 14.9 Å². The van der Waals surface area contributed by atoms with Crippen LogP contribution in [0, 0.1) is 0 Å². The van der Waals surface area contributed by atoms with Gasteiger partial charge in [0.05, 0.1) is 17.4 Å². The second-order valence-corrected chi connectivity index (χ2v) is 4.68. The number of nitrogens with one attached hydrogen (secondary N) is 1. The molecule has 3 heteroatoms. The van der Waals surface area contributed by atoms with Gasteiger partial charge in [0.2, 0.25) is 0 Å². The third-order valence-electron chi connectivity index (χ3n) is 3.39. The van der Waals surface area contributed by atoms with Crippen LogP contribution in [-0.2, 0) is 6.54 Å². The maximum atomic E-state index is 4.42. The zero-order valence-corrected chi connectivity index (χ0v) is 11.2. The van der Waals surface area contributed by atoms with Crippen LogP contribution < -0.4 is 5.32 Å². The summed E-state index contributed by atoms with van der Waals surface area (Å²) < 4.78 is 2.21. The summed E-state index contributed by atoms with van der Waals surface area (Å²) in [4.78, 5) is 4.42. The SMILES string of the molecule is C=C(CC)CC(Cn1cnc2ccccc21)NC. The Morgan fingerprint density at radius 3 is 2.94 bits per heavy atom. The molecule has 1 unspecified atom stereocenters. The number of benzene rings is 1. The summed E-state index contributed by atoms with van der Waals surface area (Å²) in [5.41, 5.74) is 3.54. The molecule has 1 atom stereocenters. The van der Waals surface area contributed by atoms with Gasteiger partial charge < -0.3 is 9.88 Å². The van der Waals surface area contributed by atoms with Gasteiger partial charge in [-0.1, -0.05) is 31.2 Å². The molecule has 18 heavy (non-hydrogen) atoms. The predicted octanol–water partition coefficient (Wildman–Crippen LogP) is 2.98. The highest BCUT2D eigenvalue weighted by Crippen LogP contribution is 2.14. The molecule has 0 saturated carbocycles. The van der Waals surface area contributed by atoms with Crippen molar-refractivity contribution in [2.75, 3.05) is 7.05 Å². The molecule has 1 aromatic heterocycles. The molecule has 96 valence electrons. The molecule has 0 aliphatic heterocycles. The lowest BCUT2D eigenvalue weighted by Gasteiger charge is -2.18. The summed E-state index contributed by atoms with van der Waals surface area (Å²) >= 11 is 0. The van der Waals surface area contributed by atoms with Crippen LogP contribution in [-0.4, -0.2) is 22.6 Å². The first-order valence-electron chi connectivity index (χ1n) is 6.48. The highest BCUT2D eigenvalue weighted by atomic mass is 15.1. The minimum absolute atomic E-state index is 0.412. The van der Waals surface area contributed by atoms with E-state index in [0.717, 1.165) is 24.9 Å². The van der Waals surface area contributed by atoms with Crippen molar-refractivity contribution in [3.8, 4) is 0 Å². The number of likely N-dealkylation sites (N-methyl/N-ethyl adjacent to an activating group) is 1. The first-order chi connectivity index (χ1) is 8.74. The number of fused-ring (bicyclic) bond motifs is 1. The number of rotatable bonds is 6. The fourth-order valence-corrected chi connectivity index (χ4v) is 2.14. The molecule has 0 amide bonds. The van der Waals surface area contributed by atoms with Gasteiger partial charge in [-0.05, 0) is 32.0 Å². The summed E-state index contributed by atoms with van der Waals surface area (Å²) in [6.07, 6.45) is 3.98. The Morgan fingerprint density at radius 1 is 1.44 bits per heavy atom. The van der Waals surface area contributed by atoms with E-state index in [-0.39, 0.29) is 0 Å². The van der Waals surface area contributed by atoms with Crippen LogP contribution in [0.25, 0.3) is 11.0 Å². The zero-order valence-electron chi connectivity index (χ0n) is 11.2. The second kappa shape index (κ2) is 5.83. The number of aromatic nitrogens is 2. The van der Waals surface area contributed by atoms with Crippen LogP contribution in [0.2, 0.25) is 0 Å². The molecule has 2 rings (SSSR count). The van der Waals surface area contributed by atoms with E-state index < -0.39 is 0 Å². The number of nitrogens with zero attached hydrogens (tertiary/aromatic N) is 2. The molecule has 1 aromatic carbocycles. The summed E-state index contributed by atoms with van der Waals surface area (Å²) in [5.74, 6) is 0. The van der Waals surface area contributed by atoms with E-state index in [1.807, 2.05) is 25.5 Å². The van der Waals surface area contributed by atoms with Gasteiger partial charge in [-0.3, -0.25) is 0 Å². The lowest BCUT2D eigenvalue weighted by atomic mass is 10.1. The third kappa shape index (κ3) is 2.79. The normalized spacial score (nSPS) is 12.8. The van der Waals surface area contributed by atoms with Crippen LogP contribution in [0.15, 0.2) is 42.7 Å². The molecular formula is C15H21N3. The first kappa shape index (κ1) is 12.8. The second-order valence-electron chi connectivity index (χ2n) is 4.68. The minimum atomic E-state index is 0.412. The zero-order chi connectivity index (χ0) is 13.0. The van der Waals surface area contributed by atoms with E-state index in [9.17, 15) is 0 Å². The van der Waals surface area contributed by atoms with Gasteiger partial charge in [0.25, 0.3) is 0 Å². The van der Waals surface area contributed by atoms with Gasteiger partial charge in [-0.2, -0.15) is 0 Å². The third-order valence-corrected chi connectivity index (χ3v) is 3.39. The Kier molecular flexibility index (Phi) is 4.15. The van der Waals surface area contributed by atoms with E-state index in [1.165, 1.54) is 11.1 Å². The summed E-state index contributed by atoms with van der Waals surface area (Å²) in [6, 6.07) is 8.65. The molecular weight excluding hydrogens is 222 g/mol. The van der Waals surface area contributed by atoms with Crippen molar-refractivity contribution in [3.05, 3.63) is 42.7 Å². The van der Waals surface area contributed by atoms with Crippen molar-refractivity contribution in [3.63, 3.8) is 0 Å². The minimum Gasteiger partial charge on any atom is -0.329 e. The molecule has 0 aliphatic rings. The van der Waals surface area contributed by atoms with Gasteiger partial charge >= 0.3 is 0 Å². The van der Waals surface area contributed by atoms with Crippen molar-refractivity contribution in [2.24, 2.45) is 0 Å². The molecule has 0 bridgehead atoms. The number of imidazole rings is 1. The lowest BCUT2D eigenvalue weighted by Crippen LogP contribution is -2.30. The van der Waals surface area contributed by atoms with Gasteiger partial charge in [0.15, 0.2) is 0 Å².